The van der Waals surface area contributed by atoms with Gasteiger partial charge in [0.15, 0.2) is 0 Å². The third-order valence-corrected chi connectivity index (χ3v) is 2.92. The van der Waals surface area contributed by atoms with Gasteiger partial charge in [0, 0.05) is 5.02 Å². The molecule has 1 unspecified atom stereocenters. The van der Waals surface area contributed by atoms with Gasteiger partial charge in [-0.2, -0.15) is 0 Å². The molecule has 1 amide bonds. The molecule has 0 aliphatic carbocycles. The summed E-state index contributed by atoms with van der Waals surface area (Å²) >= 11 is 5.85. The lowest BCUT2D eigenvalue weighted by atomic mass is 9.80. The molecule has 0 radical (unpaired) electrons. The van der Waals surface area contributed by atoms with Crippen LogP contribution >= 0.6 is 11.6 Å². The molecule has 1 aromatic rings. The van der Waals surface area contributed by atoms with Crippen molar-refractivity contribution >= 4 is 23.6 Å². The topological polar surface area (TPSA) is 29.1 Å². The van der Waals surface area contributed by atoms with E-state index in [0.29, 0.717) is 5.02 Å². The zero-order valence-electron chi connectivity index (χ0n) is 10.5. The minimum Gasteiger partial charge on any atom is -0.351 e. The standard InChI is InChI=1S/C14H18ClNO/c1-10(11-5-7-12(15)8-6-11)13(16-9-17)14(2,3)4/h5-9,13H,1H2,2-4H3,(H,16,17). The molecule has 0 aliphatic heterocycles. The second-order valence-corrected chi connectivity index (χ2v) is 5.55. The summed E-state index contributed by atoms with van der Waals surface area (Å²) in [4.78, 5) is 10.7. The van der Waals surface area contributed by atoms with E-state index in [0.717, 1.165) is 17.5 Å². The van der Waals surface area contributed by atoms with Crippen LogP contribution in [0, 0.1) is 5.41 Å². The predicted octanol–water partition coefficient (Wildman–Crippen LogP) is 3.51. The van der Waals surface area contributed by atoms with E-state index in [2.05, 4.69) is 32.7 Å². The van der Waals surface area contributed by atoms with Gasteiger partial charge in [0.25, 0.3) is 0 Å². The molecule has 3 heteroatoms. The second kappa shape index (κ2) is 5.37. The maximum Gasteiger partial charge on any atom is 0.207 e. The van der Waals surface area contributed by atoms with E-state index < -0.39 is 0 Å². The summed E-state index contributed by atoms with van der Waals surface area (Å²) in [5.74, 6) is 0. The Balaban J connectivity index is 3.00. The monoisotopic (exact) mass is 251 g/mol. The van der Waals surface area contributed by atoms with E-state index in [1.807, 2.05) is 24.3 Å². The van der Waals surface area contributed by atoms with Crippen molar-refractivity contribution in [2.75, 3.05) is 0 Å². The first kappa shape index (κ1) is 13.8. The van der Waals surface area contributed by atoms with E-state index in [-0.39, 0.29) is 11.5 Å². The lowest BCUT2D eigenvalue weighted by Crippen LogP contribution is -2.40. The van der Waals surface area contributed by atoms with Crippen molar-refractivity contribution in [1.82, 2.24) is 5.32 Å². The SMILES string of the molecule is C=C(c1ccc(Cl)cc1)C(NC=O)C(C)(C)C. The maximum absolute atomic E-state index is 10.7. The third kappa shape index (κ3) is 3.60. The Kier molecular flexibility index (Phi) is 4.35. The van der Waals surface area contributed by atoms with E-state index in [1.54, 1.807) is 0 Å². The normalized spacial score (nSPS) is 12.9. The van der Waals surface area contributed by atoms with Gasteiger partial charge in [-0.3, -0.25) is 4.79 Å². The van der Waals surface area contributed by atoms with Gasteiger partial charge in [-0.1, -0.05) is 51.1 Å². The predicted molar refractivity (Wildman–Crippen MR) is 72.9 cm³/mol. The molecule has 1 aromatic carbocycles. The fraction of sp³-hybridized carbons (Fsp3) is 0.357. The number of benzene rings is 1. The number of halogens is 1. The molecule has 0 fully saturated rings. The molecule has 1 N–H and O–H groups in total. The number of amides is 1. The van der Waals surface area contributed by atoms with Crippen LogP contribution in [-0.4, -0.2) is 12.5 Å². The Morgan fingerprint density at radius 3 is 2.29 bits per heavy atom. The summed E-state index contributed by atoms with van der Waals surface area (Å²) in [6, 6.07) is 7.37. The lowest BCUT2D eigenvalue weighted by molar-refractivity contribution is -0.110. The first-order chi connectivity index (χ1) is 7.86. The zero-order valence-corrected chi connectivity index (χ0v) is 11.2. The zero-order chi connectivity index (χ0) is 13.1. The van der Waals surface area contributed by atoms with Gasteiger partial charge in [-0.25, -0.2) is 0 Å². The van der Waals surface area contributed by atoms with Crippen LogP contribution in [0.5, 0.6) is 0 Å². The molecule has 0 bridgehead atoms. The van der Waals surface area contributed by atoms with Crippen molar-refractivity contribution in [1.29, 1.82) is 0 Å². The van der Waals surface area contributed by atoms with E-state index in [4.69, 9.17) is 11.6 Å². The van der Waals surface area contributed by atoms with E-state index in [1.165, 1.54) is 0 Å². The minimum absolute atomic E-state index is 0.0857. The van der Waals surface area contributed by atoms with Crippen LogP contribution in [0.2, 0.25) is 5.02 Å². The van der Waals surface area contributed by atoms with E-state index in [9.17, 15) is 4.79 Å². The highest BCUT2D eigenvalue weighted by Gasteiger charge is 2.27. The number of rotatable bonds is 4. The summed E-state index contributed by atoms with van der Waals surface area (Å²) < 4.78 is 0. The van der Waals surface area contributed by atoms with Crippen LogP contribution in [0.1, 0.15) is 26.3 Å². The Morgan fingerprint density at radius 2 is 1.88 bits per heavy atom. The Bertz CT molecular complexity index is 403. The molecule has 1 atom stereocenters. The van der Waals surface area contributed by atoms with Gasteiger partial charge >= 0.3 is 0 Å². The Labute approximate surface area is 108 Å². The fourth-order valence-electron chi connectivity index (χ4n) is 1.77. The van der Waals surface area contributed by atoms with Gasteiger partial charge in [0.1, 0.15) is 0 Å². The summed E-state index contributed by atoms with van der Waals surface area (Å²) in [5, 5.41) is 3.51. The highest BCUT2D eigenvalue weighted by Crippen LogP contribution is 2.30. The number of nitrogens with one attached hydrogen (secondary N) is 1. The number of carbonyl (C=O) groups is 1. The number of hydrogen-bond acceptors (Lipinski definition) is 1. The quantitative estimate of drug-likeness (QED) is 0.816. The van der Waals surface area contributed by atoms with Crippen molar-refractivity contribution in [2.45, 2.75) is 26.8 Å². The number of hydrogen-bond donors (Lipinski definition) is 1. The van der Waals surface area contributed by atoms with Crippen LogP contribution in [0.4, 0.5) is 0 Å². The Morgan fingerprint density at radius 1 is 1.35 bits per heavy atom. The van der Waals surface area contributed by atoms with Gasteiger partial charge in [0.05, 0.1) is 6.04 Å². The summed E-state index contributed by atoms with van der Waals surface area (Å²) in [6.45, 7) is 10.3. The molecule has 92 valence electrons. The molecule has 1 rings (SSSR count). The molecule has 2 nitrogen and oxygen atoms in total. The lowest BCUT2D eigenvalue weighted by Gasteiger charge is -2.32. The molecular weight excluding hydrogens is 234 g/mol. The second-order valence-electron chi connectivity index (χ2n) is 5.12. The first-order valence-corrected chi connectivity index (χ1v) is 5.88. The van der Waals surface area contributed by atoms with Crippen LogP contribution in [-0.2, 0) is 4.79 Å². The molecule has 0 aliphatic rings. The largest absolute Gasteiger partial charge is 0.351 e. The highest BCUT2D eigenvalue weighted by atomic mass is 35.5. The molecule has 0 saturated heterocycles. The van der Waals surface area contributed by atoms with Crippen LogP contribution in [0.15, 0.2) is 30.8 Å². The molecule has 0 aromatic heterocycles. The summed E-state index contributed by atoms with van der Waals surface area (Å²) in [5.41, 5.74) is 1.79. The third-order valence-electron chi connectivity index (χ3n) is 2.66. The summed E-state index contributed by atoms with van der Waals surface area (Å²) in [7, 11) is 0. The van der Waals surface area contributed by atoms with Gasteiger partial charge in [0.2, 0.25) is 6.41 Å². The van der Waals surface area contributed by atoms with Crippen molar-refractivity contribution in [2.24, 2.45) is 5.41 Å². The average molecular weight is 252 g/mol. The van der Waals surface area contributed by atoms with Crippen molar-refractivity contribution in [3.8, 4) is 0 Å². The average Bonchev–Trinajstić information content (AvgIpc) is 2.24. The van der Waals surface area contributed by atoms with Crippen molar-refractivity contribution in [3.05, 3.63) is 41.4 Å². The Hall–Kier alpha value is -1.28. The summed E-state index contributed by atoms with van der Waals surface area (Å²) in [6.07, 6.45) is 0.719. The highest BCUT2D eigenvalue weighted by molar-refractivity contribution is 6.30. The van der Waals surface area contributed by atoms with Crippen LogP contribution in [0.25, 0.3) is 5.57 Å². The van der Waals surface area contributed by atoms with Crippen LogP contribution in [0.3, 0.4) is 0 Å². The molecule has 0 saturated carbocycles. The van der Waals surface area contributed by atoms with Crippen LogP contribution < -0.4 is 5.32 Å². The van der Waals surface area contributed by atoms with Gasteiger partial charge < -0.3 is 5.32 Å². The van der Waals surface area contributed by atoms with E-state index >= 15 is 0 Å². The first-order valence-electron chi connectivity index (χ1n) is 5.50. The minimum atomic E-state index is -0.0961. The number of carbonyl (C=O) groups excluding carboxylic acids is 1. The van der Waals surface area contributed by atoms with Gasteiger partial charge in [-0.05, 0) is 28.7 Å². The van der Waals surface area contributed by atoms with Crippen molar-refractivity contribution in [3.63, 3.8) is 0 Å². The molecule has 0 spiro atoms. The fourth-order valence-corrected chi connectivity index (χ4v) is 1.90. The molecule has 17 heavy (non-hydrogen) atoms. The smallest absolute Gasteiger partial charge is 0.207 e. The van der Waals surface area contributed by atoms with Crippen molar-refractivity contribution < 1.29 is 4.79 Å². The molecule has 0 heterocycles. The molecular formula is C14H18ClNO. The maximum atomic E-state index is 10.7. The van der Waals surface area contributed by atoms with Gasteiger partial charge in [-0.15, -0.1) is 0 Å².